The fourth-order valence-electron chi connectivity index (χ4n) is 1.57. The Hall–Kier alpha value is -1.40. The van der Waals surface area contributed by atoms with Crippen LogP contribution >= 0.6 is 0 Å². The Morgan fingerprint density at radius 2 is 1.89 bits per heavy atom. The number of rotatable bonds is 10. The second-order valence-corrected chi connectivity index (χ2v) is 4.05. The van der Waals surface area contributed by atoms with Crippen molar-refractivity contribution in [3.8, 4) is 0 Å². The summed E-state index contributed by atoms with van der Waals surface area (Å²) in [5.41, 5.74) is 0. The standard InChI is InChI=1S/C13H24N4O2/c1-3-11-16-12(14-4-2)10-13(17-11)15-6-5-8-19-9-7-18/h10,18H,3-9H2,1-2H3,(H2,14,15,16,17). The Balaban J connectivity index is 2.41. The van der Waals surface area contributed by atoms with E-state index < -0.39 is 0 Å². The average Bonchev–Trinajstić information content (AvgIpc) is 2.43. The zero-order valence-corrected chi connectivity index (χ0v) is 11.8. The zero-order valence-electron chi connectivity index (χ0n) is 11.8. The lowest BCUT2D eigenvalue weighted by molar-refractivity contribution is 0.0922. The molecule has 1 heterocycles. The molecule has 6 nitrogen and oxygen atoms in total. The molecule has 1 aromatic rings. The molecule has 0 spiro atoms. The summed E-state index contributed by atoms with van der Waals surface area (Å²) < 4.78 is 5.19. The van der Waals surface area contributed by atoms with E-state index in [0.29, 0.717) is 13.2 Å². The minimum absolute atomic E-state index is 0.0746. The van der Waals surface area contributed by atoms with Crippen LogP contribution in [0.5, 0.6) is 0 Å². The Labute approximate surface area is 114 Å². The topological polar surface area (TPSA) is 79.3 Å². The largest absolute Gasteiger partial charge is 0.394 e. The van der Waals surface area contributed by atoms with E-state index in [0.717, 1.165) is 43.4 Å². The number of nitrogens with zero attached hydrogens (tertiary/aromatic N) is 2. The first-order chi connectivity index (χ1) is 9.30. The smallest absolute Gasteiger partial charge is 0.132 e. The molecule has 1 rings (SSSR count). The van der Waals surface area contributed by atoms with Crippen molar-refractivity contribution in [2.24, 2.45) is 0 Å². The predicted octanol–water partition coefficient (Wildman–Crippen LogP) is 1.28. The summed E-state index contributed by atoms with van der Waals surface area (Å²) in [5, 5.41) is 15.0. The number of nitrogens with one attached hydrogen (secondary N) is 2. The Bertz CT molecular complexity index is 360. The molecular formula is C13H24N4O2. The van der Waals surface area contributed by atoms with E-state index in [4.69, 9.17) is 9.84 Å². The fraction of sp³-hybridized carbons (Fsp3) is 0.692. The van der Waals surface area contributed by atoms with Gasteiger partial charge in [0.05, 0.1) is 13.2 Å². The van der Waals surface area contributed by atoms with E-state index in [1.807, 2.05) is 19.9 Å². The number of ether oxygens (including phenoxy) is 1. The summed E-state index contributed by atoms with van der Waals surface area (Å²) in [5.74, 6) is 2.52. The summed E-state index contributed by atoms with van der Waals surface area (Å²) in [4.78, 5) is 8.82. The Morgan fingerprint density at radius 3 is 2.53 bits per heavy atom. The molecule has 0 bridgehead atoms. The van der Waals surface area contributed by atoms with Gasteiger partial charge in [-0.25, -0.2) is 9.97 Å². The van der Waals surface area contributed by atoms with E-state index in [1.54, 1.807) is 0 Å². The highest BCUT2D eigenvalue weighted by molar-refractivity contribution is 5.47. The van der Waals surface area contributed by atoms with Crippen molar-refractivity contribution in [3.63, 3.8) is 0 Å². The molecule has 0 aromatic carbocycles. The number of aliphatic hydroxyl groups is 1. The van der Waals surface area contributed by atoms with Gasteiger partial charge in [0.15, 0.2) is 0 Å². The first kappa shape index (κ1) is 15.7. The van der Waals surface area contributed by atoms with Crippen LogP contribution in [0.3, 0.4) is 0 Å². The molecule has 6 heteroatoms. The van der Waals surface area contributed by atoms with Crippen LogP contribution < -0.4 is 10.6 Å². The number of anilines is 2. The average molecular weight is 268 g/mol. The van der Waals surface area contributed by atoms with Gasteiger partial charge in [-0.15, -0.1) is 0 Å². The predicted molar refractivity (Wildman–Crippen MR) is 76.6 cm³/mol. The highest BCUT2D eigenvalue weighted by Crippen LogP contribution is 2.11. The lowest BCUT2D eigenvalue weighted by Gasteiger charge is -2.10. The highest BCUT2D eigenvalue weighted by atomic mass is 16.5. The van der Waals surface area contributed by atoms with Gasteiger partial charge in [-0.3, -0.25) is 0 Å². The SMILES string of the molecule is CCNc1cc(NCCCOCCO)nc(CC)n1. The van der Waals surface area contributed by atoms with Crippen LogP contribution in [0, 0.1) is 0 Å². The number of hydrogen-bond acceptors (Lipinski definition) is 6. The first-order valence-corrected chi connectivity index (χ1v) is 6.84. The van der Waals surface area contributed by atoms with Gasteiger partial charge in [0.1, 0.15) is 17.5 Å². The maximum atomic E-state index is 8.57. The van der Waals surface area contributed by atoms with Crippen LogP contribution in [0.2, 0.25) is 0 Å². The third kappa shape index (κ3) is 6.35. The normalized spacial score (nSPS) is 10.5. The van der Waals surface area contributed by atoms with Gasteiger partial charge < -0.3 is 20.5 Å². The number of aryl methyl sites for hydroxylation is 1. The Kier molecular flexibility index (Phi) is 7.84. The Morgan fingerprint density at radius 1 is 1.16 bits per heavy atom. The fourth-order valence-corrected chi connectivity index (χ4v) is 1.57. The van der Waals surface area contributed by atoms with Gasteiger partial charge in [-0.1, -0.05) is 6.92 Å². The first-order valence-electron chi connectivity index (χ1n) is 6.84. The van der Waals surface area contributed by atoms with Gasteiger partial charge in [-0.2, -0.15) is 0 Å². The van der Waals surface area contributed by atoms with Crippen LogP contribution in [-0.4, -0.2) is 48.0 Å². The lowest BCUT2D eigenvalue weighted by Crippen LogP contribution is -2.11. The molecule has 0 amide bonds. The molecule has 0 unspecified atom stereocenters. The molecular weight excluding hydrogens is 244 g/mol. The summed E-state index contributed by atoms with van der Waals surface area (Å²) in [6, 6.07) is 1.91. The zero-order chi connectivity index (χ0) is 13.9. The van der Waals surface area contributed by atoms with Crippen LogP contribution in [0.25, 0.3) is 0 Å². The van der Waals surface area contributed by atoms with E-state index in [9.17, 15) is 0 Å². The monoisotopic (exact) mass is 268 g/mol. The quantitative estimate of drug-likeness (QED) is 0.555. The van der Waals surface area contributed by atoms with Crippen LogP contribution in [-0.2, 0) is 11.2 Å². The minimum atomic E-state index is 0.0746. The van der Waals surface area contributed by atoms with Crippen molar-refractivity contribution in [1.29, 1.82) is 0 Å². The molecule has 0 atom stereocenters. The van der Waals surface area contributed by atoms with Crippen molar-refractivity contribution in [3.05, 3.63) is 11.9 Å². The maximum Gasteiger partial charge on any atom is 0.132 e. The molecule has 3 N–H and O–H groups in total. The molecule has 0 aliphatic carbocycles. The van der Waals surface area contributed by atoms with Crippen molar-refractivity contribution >= 4 is 11.6 Å². The second kappa shape index (κ2) is 9.52. The maximum absolute atomic E-state index is 8.57. The molecule has 108 valence electrons. The van der Waals surface area contributed by atoms with Gasteiger partial charge >= 0.3 is 0 Å². The van der Waals surface area contributed by atoms with E-state index in [-0.39, 0.29) is 6.61 Å². The summed E-state index contributed by atoms with van der Waals surface area (Å²) in [7, 11) is 0. The molecule has 0 saturated carbocycles. The lowest BCUT2D eigenvalue weighted by atomic mass is 10.4. The highest BCUT2D eigenvalue weighted by Gasteiger charge is 2.02. The second-order valence-electron chi connectivity index (χ2n) is 4.05. The van der Waals surface area contributed by atoms with Crippen molar-refractivity contribution in [2.75, 3.05) is 43.5 Å². The van der Waals surface area contributed by atoms with Crippen molar-refractivity contribution in [2.45, 2.75) is 26.7 Å². The molecule has 0 saturated heterocycles. The molecule has 0 radical (unpaired) electrons. The van der Waals surface area contributed by atoms with Gasteiger partial charge in [0, 0.05) is 32.2 Å². The van der Waals surface area contributed by atoms with Gasteiger partial charge in [0.25, 0.3) is 0 Å². The molecule has 0 fully saturated rings. The molecule has 19 heavy (non-hydrogen) atoms. The van der Waals surface area contributed by atoms with Crippen molar-refractivity contribution in [1.82, 2.24) is 9.97 Å². The molecule has 0 aliphatic heterocycles. The molecule has 0 aliphatic rings. The summed E-state index contributed by atoms with van der Waals surface area (Å²) >= 11 is 0. The van der Waals surface area contributed by atoms with Crippen LogP contribution in [0.15, 0.2) is 6.07 Å². The van der Waals surface area contributed by atoms with Crippen LogP contribution in [0.1, 0.15) is 26.1 Å². The third-order valence-electron chi connectivity index (χ3n) is 2.45. The number of aliphatic hydroxyl groups excluding tert-OH is 1. The molecule has 1 aromatic heterocycles. The number of hydrogen-bond donors (Lipinski definition) is 3. The van der Waals surface area contributed by atoms with Gasteiger partial charge in [-0.05, 0) is 13.3 Å². The van der Waals surface area contributed by atoms with Crippen LogP contribution in [0.4, 0.5) is 11.6 Å². The van der Waals surface area contributed by atoms with E-state index >= 15 is 0 Å². The third-order valence-corrected chi connectivity index (χ3v) is 2.45. The summed E-state index contributed by atoms with van der Waals surface area (Å²) in [6.45, 7) is 6.82. The van der Waals surface area contributed by atoms with Gasteiger partial charge in [0.2, 0.25) is 0 Å². The number of aromatic nitrogens is 2. The van der Waals surface area contributed by atoms with E-state index in [1.165, 1.54) is 0 Å². The van der Waals surface area contributed by atoms with Crippen molar-refractivity contribution < 1.29 is 9.84 Å². The summed E-state index contributed by atoms with van der Waals surface area (Å²) in [6.07, 6.45) is 1.69. The minimum Gasteiger partial charge on any atom is -0.394 e. The van der Waals surface area contributed by atoms with E-state index in [2.05, 4.69) is 20.6 Å².